The first kappa shape index (κ1) is 18.2. The molecule has 0 saturated heterocycles. The van der Waals surface area contributed by atoms with Crippen LogP contribution in [0.3, 0.4) is 0 Å². The molecule has 118 valence electrons. The average Bonchev–Trinajstić information content (AvgIpc) is 2.55. The van der Waals surface area contributed by atoms with Crippen LogP contribution in [0.1, 0.15) is 45.6 Å². The van der Waals surface area contributed by atoms with Crippen LogP contribution in [0.4, 0.5) is 0 Å². The smallest absolute Gasteiger partial charge is 0.0766 e. The summed E-state index contributed by atoms with van der Waals surface area (Å²) in [4.78, 5) is 0. The third kappa shape index (κ3) is 7.10. The lowest BCUT2D eigenvalue weighted by Gasteiger charge is -2.23. The maximum Gasteiger partial charge on any atom is 0.0766 e. The Hall–Kier alpha value is -0.863. The van der Waals surface area contributed by atoms with Crippen molar-refractivity contribution in [2.45, 2.75) is 64.8 Å². The van der Waals surface area contributed by atoms with Crippen LogP contribution in [0, 0.1) is 0 Å². The third-order valence-electron chi connectivity index (χ3n) is 4.60. The summed E-state index contributed by atoms with van der Waals surface area (Å²) in [6.07, 6.45) is 6.06. The molecule has 0 aliphatic carbocycles. The van der Waals surface area contributed by atoms with Gasteiger partial charge in [-0.15, -0.1) is 0 Å². The van der Waals surface area contributed by atoms with Crippen LogP contribution >= 0.6 is 0 Å². The lowest BCUT2D eigenvalue weighted by atomic mass is 10.2. The van der Waals surface area contributed by atoms with Gasteiger partial charge in [0.15, 0.2) is 0 Å². The molecule has 2 heteroatoms. The summed E-state index contributed by atoms with van der Waals surface area (Å²) >= 11 is 0. The van der Waals surface area contributed by atoms with Gasteiger partial charge in [0.1, 0.15) is 0 Å². The molecule has 0 aliphatic rings. The molecular formula is C19H32OSi. The van der Waals surface area contributed by atoms with E-state index in [-0.39, 0.29) is 0 Å². The molecule has 0 bridgehead atoms. The number of benzene rings is 1. The SMILES string of the molecule is CC[Si](/C=C/CCCCOCc1ccccc1)(CC)CC. The zero-order valence-corrected chi connectivity index (χ0v) is 15.1. The predicted molar refractivity (Wildman–Crippen MR) is 96.3 cm³/mol. The van der Waals surface area contributed by atoms with Crippen molar-refractivity contribution in [3.63, 3.8) is 0 Å². The lowest BCUT2D eigenvalue weighted by Crippen LogP contribution is -2.28. The van der Waals surface area contributed by atoms with Crippen LogP contribution in [0.15, 0.2) is 42.1 Å². The van der Waals surface area contributed by atoms with Crippen LogP contribution in [0.25, 0.3) is 0 Å². The van der Waals surface area contributed by atoms with Crippen molar-refractivity contribution in [3.8, 4) is 0 Å². The number of unbranched alkanes of at least 4 members (excludes halogenated alkanes) is 2. The van der Waals surface area contributed by atoms with E-state index in [0.717, 1.165) is 19.6 Å². The second-order valence-electron chi connectivity index (χ2n) is 5.86. The second-order valence-corrected chi connectivity index (χ2v) is 11.0. The Balaban J connectivity index is 2.09. The molecule has 1 rings (SSSR count). The van der Waals surface area contributed by atoms with E-state index in [1.807, 2.05) is 6.07 Å². The molecular weight excluding hydrogens is 272 g/mol. The molecule has 0 heterocycles. The molecule has 0 radical (unpaired) electrons. The second kappa shape index (κ2) is 10.8. The van der Waals surface area contributed by atoms with Crippen molar-refractivity contribution in [2.24, 2.45) is 0 Å². The van der Waals surface area contributed by atoms with Crippen LogP contribution in [-0.2, 0) is 11.3 Å². The molecule has 1 aromatic rings. The van der Waals surface area contributed by atoms with E-state index >= 15 is 0 Å². The van der Waals surface area contributed by atoms with Crippen molar-refractivity contribution < 1.29 is 4.74 Å². The van der Waals surface area contributed by atoms with Gasteiger partial charge < -0.3 is 4.74 Å². The summed E-state index contributed by atoms with van der Waals surface area (Å²) in [7, 11) is -1.05. The number of hydrogen-bond donors (Lipinski definition) is 0. The Morgan fingerprint density at radius 2 is 1.62 bits per heavy atom. The van der Waals surface area contributed by atoms with Crippen molar-refractivity contribution in [2.75, 3.05) is 6.61 Å². The van der Waals surface area contributed by atoms with E-state index in [9.17, 15) is 0 Å². The Morgan fingerprint density at radius 3 is 2.24 bits per heavy atom. The van der Waals surface area contributed by atoms with Crippen LogP contribution < -0.4 is 0 Å². The Labute approximate surface area is 132 Å². The van der Waals surface area contributed by atoms with Crippen molar-refractivity contribution in [1.82, 2.24) is 0 Å². The van der Waals surface area contributed by atoms with Gasteiger partial charge in [-0.05, 0) is 24.8 Å². The minimum atomic E-state index is -1.05. The first-order valence-electron chi connectivity index (χ1n) is 8.55. The highest BCUT2D eigenvalue weighted by Crippen LogP contribution is 2.21. The number of hydrogen-bond acceptors (Lipinski definition) is 1. The van der Waals surface area contributed by atoms with Crippen molar-refractivity contribution in [3.05, 3.63) is 47.7 Å². The topological polar surface area (TPSA) is 9.23 Å². The molecule has 0 amide bonds. The Bertz CT molecular complexity index is 374. The minimum Gasteiger partial charge on any atom is -0.377 e. The van der Waals surface area contributed by atoms with E-state index < -0.39 is 8.07 Å². The summed E-state index contributed by atoms with van der Waals surface area (Å²) in [5.41, 5.74) is 3.86. The quantitative estimate of drug-likeness (QED) is 0.361. The summed E-state index contributed by atoms with van der Waals surface area (Å²) in [5.74, 6) is 0. The fraction of sp³-hybridized carbons (Fsp3) is 0.579. The maximum absolute atomic E-state index is 5.72. The summed E-state index contributed by atoms with van der Waals surface area (Å²) in [6.45, 7) is 8.71. The summed E-state index contributed by atoms with van der Waals surface area (Å²) in [6, 6.07) is 14.6. The molecule has 0 aromatic heterocycles. The standard InChI is InChI=1S/C19H32OSi/c1-4-21(5-2,6-3)17-13-8-7-12-16-20-18-19-14-10-9-11-15-19/h9-11,13-15,17H,4-8,12,16,18H2,1-3H3/b17-13+. The fourth-order valence-corrected chi connectivity index (χ4v) is 5.54. The molecule has 0 N–H and O–H groups in total. The Kier molecular flexibility index (Phi) is 9.36. The predicted octanol–water partition coefficient (Wildman–Crippen LogP) is 5.98. The first-order chi connectivity index (χ1) is 10.3. The van der Waals surface area contributed by atoms with Gasteiger partial charge in [-0.1, -0.05) is 81.0 Å². The fourth-order valence-electron chi connectivity index (χ4n) is 2.67. The highest BCUT2D eigenvalue weighted by Gasteiger charge is 2.22. The number of allylic oxidation sites excluding steroid dienone is 1. The van der Waals surface area contributed by atoms with E-state index in [1.54, 1.807) is 0 Å². The highest BCUT2D eigenvalue weighted by atomic mass is 28.3. The molecule has 0 fully saturated rings. The lowest BCUT2D eigenvalue weighted by molar-refractivity contribution is 0.117. The van der Waals surface area contributed by atoms with Gasteiger partial charge >= 0.3 is 0 Å². The molecule has 0 spiro atoms. The average molecular weight is 305 g/mol. The molecule has 0 unspecified atom stereocenters. The van der Waals surface area contributed by atoms with E-state index in [4.69, 9.17) is 4.74 Å². The zero-order chi connectivity index (χ0) is 15.4. The molecule has 1 aromatic carbocycles. The largest absolute Gasteiger partial charge is 0.377 e. The monoisotopic (exact) mass is 304 g/mol. The molecule has 0 saturated carbocycles. The van der Waals surface area contributed by atoms with Gasteiger partial charge in [-0.3, -0.25) is 0 Å². The normalized spacial score (nSPS) is 12.1. The van der Waals surface area contributed by atoms with Crippen molar-refractivity contribution in [1.29, 1.82) is 0 Å². The number of ether oxygens (including phenoxy) is 1. The van der Waals surface area contributed by atoms with Gasteiger partial charge in [0.2, 0.25) is 0 Å². The molecule has 1 nitrogen and oxygen atoms in total. The van der Waals surface area contributed by atoms with Gasteiger partial charge in [0.25, 0.3) is 0 Å². The first-order valence-corrected chi connectivity index (χ1v) is 11.3. The van der Waals surface area contributed by atoms with Crippen LogP contribution in [0.2, 0.25) is 18.1 Å². The van der Waals surface area contributed by atoms with Crippen LogP contribution in [-0.4, -0.2) is 14.7 Å². The maximum atomic E-state index is 5.72. The molecule has 21 heavy (non-hydrogen) atoms. The molecule has 0 aliphatic heterocycles. The third-order valence-corrected chi connectivity index (χ3v) is 9.77. The Morgan fingerprint density at radius 1 is 0.952 bits per heavy atom. The molecule has 0 atom stereocenters. The van der Waals surface area contributed by atoms with Crippen molar-refractivity contribution >= 4 is 8.07 Å². The van der Waals surface area contributed by atoms with Gasteiger partial charge in [0, 0.05) is 6.61 Å². The highest BCUT2D eigenvalue weighted by molar-refractivity contribution is 6.84. The minimum absolute atomic E-state index is 0.744. The zero-order valence-electron chi connectivity index (χ0n) is 14.1. The van der Waals surface area contributed by atoms with E-state index in [2.05, 4.69) is 56.8 Å². The number of rotatable bonds is 11. The van der Waals surface area contributed by atoms with E-state index in [0.29, 0.717) is 0 Å². The van der Waals surface area contributed by atoms with Gasteiger partial charge in [-0.2, -0.15) is 0 Å². The van der Waals surface area contributed by atoms with Crippen LogP contribution in [0.5, 0.6) is 0 Å². The van der Waals surface area contributed by atoms with Gasteiger partial charge in [-0.25, -0.2) is 0 Å². The van der Waals surface area contributed by atoms with Gasteiger partial charge in [0.05, 0.1) is 14.7 Å². The summed E-state index contributed by atoms with van der Waals surface area (Å²) < 4.78 is 5.72. The van der Waals surface area contributed by atoms with E-state index in [1.165, 1.54) is 36.5 Å². The summed E-state index contributed by atoms with van der Waals surface area (Å²) in [5, 5.41) is 0.